The van der Waals surface area contributed by atoms with Gasteiger partial charge in [0.1, 0.15) is 28.5 Å². The first-order valence-electron chi connectivity index (χ1n) is 22.2. The molecule has 3 amide bonds. The number of H-pyrrole nitrogens is 1. The van der Waals surface area contributed by atoms with E-state index in [-0.39, 0.29) is 65.1 Å². The molecule has 2 fully saturated rings. The summed E-state index contributed by atoms with van der Waals surface area (Å²) in [5, 5.41) is 12.0. The summed E-state index contributed by atoms with van der Waals surface area (Å²) in [6.07, 6.45) is -1.98. The maximum Gasteiger partial charge on any atom is 0.573 e. The Labute approximate surface area is 397 Å². The van der Waals surface area contributed by atoms with E-state index in [1.165, 1.54) is 36.5 Å². The number of hydrogen-bond donors (Lipinski definition) is 2. The van der Waals surface area contributed by atoms with Crippen LogP contribution in [0.25, 0.3) is 11.1 Å². The van der Waals surface area contributed by atoms with Crippen molar-refractivity contribution in [2.24, 2.45) is 17.8 Å². The molecule has 2 aromatic carbocycles. The molecule has 0 radical (unpaired) electrons. The number of likely N-dealkylation sites (tertiary alicyclic amines) is 1. The quantitative estimate of drug-likeness (QED) is 0.130. The third-order valence-corrected chi connectivity index (χ3v) is 13.2. The van der Waals surface area contributed by atoms with Crippen LogP contribution in [0.2, 0.25) is 5.02 Å². The molecule has 68 heavy (non-hydrogen) atoms. The average Bonchev–Trinajstić information content (AvgIpc) is 3.98. The second-order valence-corrected chi connectivity index (χ2v) is 18.1. The average molecular weight is 956 g/mol. The summed E-state index contributed by atoms with van der Waals surface area (Å²) in [6.45, 7) is 15.3. The van der Waals surface area contributed by atoms with Gasteiger partial charge in [0.2, 0.25) is 5.91 Å². The second kappa shape index (κ2) is 20.2. The normalized spacial score (nSPS) is 20.3. The number of ether oxygens (including phenoxy) is 2. The second-order valence-electron chi connectivity index (χ2n) is 17.7. The van der Waals surface area contributed by atoms with Gasteiger partial charge in [-0.2, -0.15) is 5.26 Å². The fourth-order valence-electron chi connectivity index (χ4n) is 9.11. The Kier molecular flexibility index (Phi) is 14.5. The van der Waals surface area contributed by atoms with E-state index in [1.54, 1.807) is 56.3 Å². The minimum Gasteiger partial charge on any atom is -0.453 e. The number of anilines is 3. The van der Waals surface area contributed by atoms with Crippen molar-refractivity contribution in [2.75, 3.05) is 43.1 Å². The number of benzene rings is 2. The zero-order valence-corrected chi connectivity index (χ0v) is 39.3. The molecule has 15 nitrogen and oxygen atoms in total. The van der Waals surface area contributed by atoms with Crippen molar-refractivity contribution >= 4 is 52.6 Å². The van der Waals surface area contributed by atoms with Crippen LogP contribution in [0.15, 0.2) is 90.4 Å². The topological polar surface area (TPSA) is 177 Å². The van der Waals surface area contributed by atoms with E-state index >= 15 is 0 Å². The number of hydrogen-bond acceptors (Lipinski definition) is 11. The number of rotatable bonds is 12. The fourth-order valence-corrected chi connectivity index (χ4v) is 9.40. The van der Waals surface area contributed by atoms with Crippen LogP contribution in [-0.4, -0.2) is 100 Å². The minimum atomic E-state index is -5.17. The lowest BCUT2D eigenvalue weighted by Gasteiger charge is -2.44. The number of ketones is 1. The molecule has 358 valence electrons. The predicted octanol–water partition coefficient (Wildman–Crippen LogP) is 9.14. The highest BCUT2D eigenvalue weighted by Gasteiger charge is 2.43. The first-order chi connectivity index (χ1) is 32.3. The van der Waals surface area contributed by atoms with E-state index in [9.17, 15) is 37.6 Å². The third-order valence-electron chi connectivity index (χ3n) is 12.8. The summed E-state index contributed by atoms with van der Waals surface area (Å²) >= 11 is 6.91. The largest absolute Gasteiger partial charge is 0.573 e. The number of amides is 3. The van der Waals surface area contributed by atoms with Gasteiger partial charge in [0.15, 0.2) is 11.5 Å². The van der Waals surface area contributed by atoms with E-state index in [2.05, 4.69) is 49.4 Å². The van der Waals surface area contributed by atoms with Crippen molar-refractivity contribution in [1.29, 1.82) is 5.26 Å². The molecule has 19 heteroatoms. The Morgan fingerprint density at radius 2 is 1.78 bits per heavy atom. The van der Waals surface area contributed by atoms with Gasteiger partial charge in [-0.05, 0) is 75.3 Å². The molecule has 2 N–H and O–H groups in total. The van der Waals surface area contributed by atoms with Crippen molar-refractivity contribution in [3.8, 4) is 22.9 Å². The molecule has 0 spiro atoms. The summed E-state index contributed by atoms with van der Waals surface area (Å²) in [5.74, 6) is -2.07. The number of nitrogens with one attached hydrogen (secondary N) is 2. The number of piperazine rings is 1. The van der Waals surface area contributed by atoms with E-state index in [0.717, 1.165) is 28.2 Å². The molecule has 2 saturated heterocycles. The Morgan fingerprint density at radius 3 is 2.40 bits per heavy atom. The lowest BCUT2D eigenvalue weighted by Crippen LogP contribution is -2.52. The van der Waals surface area contributed by atoms with Crippen LogP contribution in [0.3, 0.4) is 0 Å². The number of halogens is 4. The molecule has 1 aliphatic carbocycles. The minimum absolute atomic E-state index is 0.00794. The van der Waals surface area contributed by atoms with Gasteiger partial charge in [-0.1, -0.05) is 67.9 Å². The van der Waals surface area contributed by atoms with Gasteiger partial charge in [-0.15, -0.1) is 13.2 Å². The highest BCUT2D eigenvalue weighted by molar-refractivity contribution is 6.36. The number of nitriles is 1. The molecule has 4 aromatic rings. The summed E-state index contributed by atoms with van der Waals surface area (Å²) < 4.78 is 51.8. The van der Waals surface area contributed by atoms with E-state index in [0.29, 0.717) is 37.4 Å². The maximum atomic E-state index is 14.9. The highest BCUT2D eigenvalue weighted by atomic mass is 35.5. The van der Waals surface area contributed by atoms with Crippen LogP contribution in [0, 0.1) is 29.1 Å². The lowest BCUT2D eigenvalue weighted by atomic mass is 9.82. The molecule has 2 aromatic heterocycles. The number of pyridine rings is 1. The number of carbonyl (C=O) groups excluding carboxylic acids is 4. The van der Waals surface area contributed by atoms with Gasteiger partial charge >= 0.3 is 12.5 Å². The fraction of sp³-hybridized carbons (Fsp3) is 0.408. The Morgan fingerprint density at radius 1 is 1.04 bits per heavy atom. The summed E-state index contributed by atoms with van der Waals surface area (Å²) in [7, 11) is 1.17. The van der Waals surface area contributed by atoms with Crippen molar-refractivity contribution in [2.45, 2.75) is 78.4 Å². The van der Waals surface area contributed by atoms with Crippen LogP contribution in [0.5, 0.6) is 5.75 Å². The highest BCUT2D eigenvalue weighted by Crippen LogP contribution is 2.47. The van der Waals surface area contributed by atoms with Crippen molar-refractivity contribution in [1.82, 2.24) is 30.1 Å². The summed E-state index contributed by atoms with van der Waals surface area (Å²) in [6, 6.07) is 14.5. The van der Waals surface area contributed by atoms with Crippen LogP contribution in [0.4, 0.5) is 35.3 Å². The van der Waals surface area contributed by atoms with Gasteiger partial charge in [-0.3, -0.25) is 19.3 Å². The number of methoxy groups -OCH3 is 1. The number of alkyl halides is 3. The molecule has 0 bridgehead atoms. The van der Waals surface area contributed by atoms with Crippen LogP contribution >= 0.6 is 11.6 Å². The Hall–Kier alpha value is -6.87. The predicted molar refractivity (Wildman–Crippen MR) is 249 cm³/mol. The van der Waals surface area contributed by atoms with Crippen molar-refractivity contribution < 1.29 is 41.8 Å². The third kappa shape index (κ3) is 10.3. The summed E-state index contributed by atoms with van der Waals surface area (Å²) in [5.41, 5.74) is 3.01. The van der Waals surface area contributed by atoms with Gasteiger partial charge in [-0.25, -0.2) is 14.8 Å². The summed E-state index contributed by atoms with van der Waals surface area (Å²) in [4.78, 5) is 73.4. The lowest BCUT2D eigenvalue weighted by molar-refractivity contribution is -0.274. The van der Waals surface area contributed by atoms with E-state index in [1.807, 2.05) is 13.8 Å². The number of imidazole rings is 1. The van der Waals surface area contributed by atoms with Crippen LogP contribution in [-0.2, 0) is 14.3 Å². The molecule has 2 aliphatic heterocycles. The first kappa shape index (κ1) is 49.0. The standard InChI is InChI=1S/C49H53ClF3N9O6/c1-27(2)34-20-37(30(6)39(63)21-34)59-17-18-60(29(5)25-59)40-16-13-33(23-55-40)46(64)62(36-15-14-35(32-11-9-8-10-12-32)44(42(36)50)68-49(51,52)53)41-24-56-45(57-41)38-19-31(22-54)26-61(38)47(65)43(28(3)4)58-48(66)67-7/h8-16,23-24,28-29,31,34,38,43H,1,17-21,25-26H2,2-7H3,(H,56,57)(H,58,66)/t29-,31-,34?,38+,43+/m1/s1. The zero-order chi connectivity index (χ0) is 49.2. The maximum absolute atomic E-state index is 14.9. The monoisotopic (exact) mass is 955 g/mol. The Bertz CT molecular complexity index is 2650. The van der Waals surface area contributed by atoms with Gasteiger partial charge < -0.3 is 34.5 Å². The molecule has 4 heterocycles. The molecule has 0 saturated carbocycles. The van der Waals surface area contributed by atoms with E-state index < -0.39 is 53.0 Å². The molecule has 7 rings (SSSR count). The van der Waals surface area contributed by atoms with E-state index in [4.69, 9.17) is 21.3 Å². The number of aromatic amines is 1. The number of alkyl carbamates (subject to hydrolysis) is 1. The first-order valence-corrected chi connectivity index (χ1v) is 22.6. The van der Waals surface area contributed by atoms with Crippen molar-refractivity contribution in [3.63, 3.8) is 0 Å². The van der Waals surface area contributed by atoms with Crippen LogP contribution < -0.4 is 19.9 Å². The van der Waals surface area contributed by atoms with Gasteiger partial charge in [0, 0.05) is 61.7 Å². The SMILES string of the molecule is C=C(C)C1CC(=O)C(C)=C(N2CCN(c3ccc(C(=O)N(c4cnc([C@@H]5C[C@H](C#N)CN5C(=O)[C@@H](NC(=O)OC)C(C)C)[nH]4)c4ccc(-c5ccccc5)c(OC(F)(F)F)c4Cl)cn3)[C@H](C)C2)C1. The smallest absolute Gasteiger partial charge is 0.453 e. The molecule has 3 aliphatic rings. The van der Waals surface area contributed by atoms with Crippen LogP contribution in [0.1, 0.15) is 76.1 Å². The zero-order valence-electron chi connectivity index (χ0n) is 38.6. The molecular formula is C49H53ClF3N9O6. The number of allylic oxidation sites excluding steroid dienone is 3. The molecule has 1 unspecified atom stereocenters. The van der Waals surface area contributed by atoms with Gasteiger partial charge in [0.25, 0.3) is 5.91 Å². The number of nitrogens with zero attached hydrogens (tertiary/aromatic N) is 7. The van der Waals surface area contributed by atoms with Gasteiger partial charge in [0.05, 0.1) is 42.6 Å². The molecular weight excluding hydrogens is 903 g/mol. The van der Waals surface area contributed by atoms with Crippen molar-refractivity contribution in [3.05, 3.63) is 107 Å². The Balaban J connectivity index is 1.24. The number of carbonyl (C=O) groups is 4. The molecule has 5 atom stereocenters. The number of Topliss-reactive ketones (excluding diaryl/α,β-unsaturated/α-hetero) is 1. The number of aromatic nitrogens is 3.